The molecule has 98 valence electrons. The lowest BCUT2D eigenvalue weighted by Crippen LogP contribution is -2.47. The maximum atomic E-state index is 6.04. The zero-order valence-corrected chi connectivity index (χ0v) is 11.4. The van der Waals surface area contributed by atoms with Gasteiger partial charge in [-0.2, -0.15) is 0 Å². The zero-order valence-electron chi connectivity index (χ0n) is 11.4. The van der Waals surface area contributed by atoms with Gasteiger partial charge in [0.2, 0.25) is 0 Å². The van der Waals surface area contributed by atoms with Crippen LogP contribution in [-0.2, 0) is 18.9 Å². The molecule has 4 atom stereocenters. The quantitative estimate of drug-likeness (QED) is 0.651. The van der Waals surface area contributed by atoms with Gasteiger partial charge in [0.1, 0.15) is 25.7 Å². The minimum absolute atomic E-state index is 0.00347. The average Bonchev–Trinajstić information content (AvgIpc) is 2.67. The lowest BCUT2D eigenvalue weighted by molar-refractivity contribution is -0.161. The third kappa shape index (κ3) is 2.52. The van der Waals surface area contributed by atoms with E-state index in [0.29, 0.717) is 13.2 Å². The fourth-order valence-electron chi connectivity index (χ4n) is 2.59. The van der Waals surface area contributed by atoms with E-state index in [4.69, 9.17) is 18.9 Å². The number of hydrogen-bond acceptors (Lipinski definition) is 4. The average molecular weight is 242 g/mol. The van der Waals surface area contributed by atoms with Gasteiger partial charge in [-0.3, -0.25) is 0 Å². The topological polar surface area (TPSA) is 36.9 Å². The lowest BCUT2D eigenvalue weighted by atomic mass is 9.91. The SMILES string of the molecule is BC1OC2(COC(C)C)COC1C2OC(C)C. The second-order valence-electron chi connectivity index (χ2n) is 5.63. The second kappa shape index (κ2) is 4.88. The molecule has 0 N–H and O–H groups in total. The molecule has 2 fully saturated rings. The van der Waals surface area contributed by atoms with E-state index in [0.717, 1.165) is 0 Å². The van der Waals surface area contributed by atoms with Gasteiger partial charge in [-0.25, -0.2) is 0 Å². The summed E-state index contributed by atoms with van der Waals surface area (Å²) in [6.45, 7) is 9.26. The van der Waals surface area contributed by atoms with Crippen LogP contribution < -0.4 is 0 Å². The molecule has 5 heteroatoms. The Morgan fingerprint density at radius 3 is 2.53 bits per heavy atom. The Morgan fingerprint density at radius 1 is 1.29 bits per heavy atom. The molecule has 2 heterocycles. The Bertz CT molecular complexity index is 271. The summed E-state index contributed by atoms with van der Waals surface area (Å²) in [7, 11) is 2.04. The highest BCUT2D eigenvalue weighted by Gasteiger charge is 2.61. The van der Waals surface area contributed by atoms with E-state index < -0.39 is 5.60 Å². The molecule has 0 radical (unpaired) electrons. The summed E-state index contributed by atoms with van der Waals surface area (Å²) in [6, 6.07) is 0.0864. The fraction of sp³-hybridized carbons (Fsp3) is 1.00. The predicted octanol–water partition coefficient (Wildman–Crippen LogP) is 0.332. The van der Waals surface area contributed by atoms with Gasteiger partial charge in [0, 0.05) is 0 Å². The minimum Gasteiger partial charge on any atom is -0.376 e. The smallest absolute Gasteiger partial charge is 0.143 e. The molecule has 0 aliphatic carbocycles. The van der Waals surface area contributed by atoms with Crippen LogP contribution in [0.3, 0.4) is 0 Å². The molecule has 0 amide bonds. The first kappa shape index (κ1) is 13.3. The lowest BCUT2D eigenvalue weighted by Gasteiger charge is -2.31. The van der Waals surface area contributed by atoms with Crippen LogP contribution in [0.2, 0.25) is 0 Å². The van der Waals surface area contributed by atoms with Crippen LogP contribution in [0.25, 0.3) is 0 Å². The molecular formula is C12H23BO4. The molecule has 0 aromatic rings. The van der Waals surface area contributed by atoms with Crippen molar-refractivity contribution in [3.8, 4) is 0 Å². The number of hydrogen-bond donors (Lipinski definition) is 0. The summed E-state index contributed by atoms with van der Waals surface area (Å²) in [6.07, 6.45) is 0.420. The van der Waals surface area contributed by atoms with Crippen LogP contribution in [0, 0.1) is 0 Å². The van der Waals surface area contributed by atoms with E-state index in [9.17, 15) is 0 Å². The van der Waals surface area contributed by atoms with Gasteiger partial charge in [0.15, 0.2) is 0 Å². The highest BCUT2D eigenvalue weighted by Crippen LogP contribution is 2.41. The monoisotopic (exact) mass is 242 g/mol. The van der Waals surface area contributed by atoms with Crippen LogP contribution >= 0.6 is 0 Å². The third-order valence-corrected chi connectivity index (χ3v) is 3.30. The Hall–Kier alpha value is -0.0951. The summed E-state index contributed by atoms with van der Waals surface area (Å²) in [5, 5.41) is 0. The molecule has 4 unspecified atom stereocenters. The van der Waals surface area contributed by atoms with Gasteiger partial charge >= 0.3 is 0 Å². The van der Waals surface area contributed by atoms with Crippen molar-refractivity contribution in [2.24, 2.45) is 0 Å². The Balaban J connectivity index is 2.07. The summed E-state index contributed by atoms with van der Waals surface area (Å²) in [5.74, 6) is 0. The fourth-order valence-corrected chi connectivity index (χ4v) is 2.59. The summed E-state index contributed by atoms with van der Waals surface area (Å²) in [4.78, 5) is 0. The van der Waals surface area contributed by atoms with E-state index >= 15 is 0 Å². The number of rotatable bonds is 5. The molecule has 2 aliphatic rings. The van der Waals surface area contributed by atoms with E-state index in [1.165, 1.54) is 0 Å². The molecule has 0 saturated carbocycles. The van der Waals surface area contributed by atoms with Crippen LogP contribution in [0.5, 0.6) is 0 Å². The zero-order chi connectivity index (χ0) is 12.6. The van der Waals surface area contributed by atoms with Gasteiger partial charge < -0.3 is 18.9 Å². The molecule has 2 saturated heterocycles. The number of fused-ring (bicyclic) bond motifs is 2. The van der Waals surface area contributed by atoms with Crippen molar-refractivity contribution in [2.45, 2.75) is 63.7 Å². The summed E-state index contributed by atoms with van der Waals surface area (Å²) in [5.41, 5.74) is -0.404. The molecule has 2 rings (SSSR count). The van der Waals surface area contributed by atoms with Gasteiger partial charge in [-0.15, -0.1) is 0 Å². The van der Waals surface area contributed by atoms with E-state index in [-0.39, 0.29) is 30.4 Å². The maximum Gasteiger partial charge on any atom is 0.143 e. The Kier molecular flexibility index (Phi) is 3.83. The molecule has 4 nitrogen and oxygen atoms in total. The van der Waals surface area contributed by atoms with Crippen molar-refractivity contribution in [2.75, 3.05) is 13.2 Å². The van der Waals surface area contributed by atoms with Crippen LogP contribution in [0.1, 0.15) is 27.7 Å². The first-order valence-electron chi connectivity index (χ1n) is 6.51. The first-order valence-corrected chi connectivity index (χ1v) is 6.51. The van der Waals surface area contributed by atoms with Gasteiger partial charge in [-0.05, 0) is 27.7 Å². The molecule has 0 aromatic carbocycles. The van der Waals surface area contributed by atoms with Crippen molar-refractivity contribution in [3.05, 3.63) is 0 Å². The second-order valence-corrected chi connectivity index (χ2v) is 5.63. The van der Waals surface area contributed by atoms with E-state index in [2.05, 4.69) is 0 Å². The van der Waals surface area contributed by atoms with Crippen LogP contribution in [0.15, 0.2) is 0 Å². The third-order valence-electron chi connectivity index (χ3n) is 3.30. The normalized spacial score (nSPS) is 40.7. The minimum atomic E-state index is -0.404. The highest BCUT2D eigenvalue weighted by atomic mass is 16.7. The number of ether oxygens (including phenoxy) is 4. The Morgan fingerprint density at radius 2 is 2.00 bits per heavy atom. The van der Waals surface area contributed by atoms with E-state index in [1.54, 1.807) is 0 Å². The van der Waals surface area contributed by atoms with Crippen molar-refractivity contribution < 1.29 is 18.9 Å². The standard InChI is InChI=1S/C12H23BO4/c1-7(2)14-5-12-6-15-9(11(13)17-12)10(12)16-8(3)4/h7-11H,5-6,13H2,1-4H3. The van der Waals surface area contributed by atoms with Gasteiger partial charge in [0.25, 0.3) is 0 Å². The Labute approximate surface area is 104 Å². The summed E-state index contributed by atoms with van der Waals surface area (Å²) >= 11 is 0. The van der Waals surface area contributed by atoms with Crippen molar-refractivity contribution >= 4 is 7.85 Å². The predicted molar refractivity (Wildman–Crippen MR) is 67.0 cm³/mol. The molecule has 0 spiro atoms. The van der Waals surface area contributed by atoms with Crippen molar-refractivity contribution in [3.63, 3.8) is 0 Å². The molecule has 17 heavy (non-hydrogen) atoms. The summed E-state index contributed by atoms with van der Waals surface area (Å²) < 4.78 is 23.5. The van der Waals surface area contributed by atoms with Crippen molar-refractivity contribution in [1.29, 1.82) is 0 Å². The van der Waals surface area contributed by atoms with E-state index in [1.807, 2.05) is 35.5 Å². The largest absolute Gasteiger partial charge is 0.376 e. The molecule has 2 bridgehead atoms. The highest BCUT2D eigenvalue weighted by molar-refractivity contribution is 6.11. The first-order chi connectivity index (χ1) is 7.94. The molecule has 2 aliphatic heterocycles. The molecule has 0 aromatic heterocycles. The van der Waals surface area contributed by atoms with Crippen LogP contribution in [-0.4, -0.2) is 57.1 Å². The van der Waals surface area contributed by atoms with Crippen molar-refractivity contribution in [1.82, 2.24) is 0 Å². The van der Waals surface area contributed by atoms with Crippen LogP contribution in [0.4, 0.5) is 0 Å². The van der Waals surface area contributed by atoms with Gasteiger partial charge in [-0.1, -0.05) is 0 Å². The maximum absolute atomic E-state index is 6.04. The van der Waals surface area contributed by atoms with Gasteiger partial charge in [0.05, 0.1) is 31.4 Å². The molecular weight excluding hydrogens is 219 g/mol.